The number of hydrogen-bond donors (Lipinski definition) is 1. The van der Waals surface area contributed by atoms with Crippen molar-refractivity contribution in [2.45, 2.75) is 47.0 Å². The zero-order valence-electron chi connectivity index (χ0n) is 19.3. The molecule has 0 bridgehead atoms. The van der Waals surface area contributed by atoms with E-state index in [0.29, 0.717) is 18.2 Å². The van der Waals surface area contributed by atoms with Crippen molar-refractivity contribution in [3.05, 3.63) is 71.0 Å². The summed E-state index contributed by atoms with van der Waals surface area (Å²) in [5.41, 5.74) is 6.49. The molecule has 6 heteroatoms. The topological polar surface area (TPSA) is 67.2 Å². The minimum Gasteiger partial charge on any atom is -0.323 e. The van der Waals surface area contributed by atoms with E-state index in [1.165, 1.54) is 11.1 Å². The van der Waals surface area contributed by atoms with Crippen LogP contribution in [0, 0.1) is 26.7 Å². The summed E-state index contributed by atoms with van der Waals surface area (Å²) in [6, 6.07) is 16.1. The van der Waals surface area contributed by atoms with Crippen LogP contribution in [-0.4, -0.2) is 28.1 Å². The smallest absolute Gasteiger partial charge is 0.229 e. The third-order valence-corrected chi connectivity index (χ3v) is 6.16. The molecule has 166 valence electrons. The lowest BCUT2D eigenvalue weighted by molar-refractivity contribution is -0.122. The molecule has 0 radical (unpaired) electrons. The molecule has 2 amide bonds. The van der Waals surface area contributed by atoms with Crippen LogP contribution in [0.1, 0.15) is 48.7 Å². The van der Waals surface area contributed by atoms with Crippen LogP contribution in [0.25, 0.3) is 5.69 Å². The molecule has 2 aromatic carbocycles. The number of aryl methyl sites for hydroxylation is 2. The molecule has 1 aliphatic rings. The summed E-state index contributed by atoms with van der Waals surface area (Å²) in [5.74, 6) is -0.181. The van der Waals surface area contributed by atoms with Crippen LogP contribution in [0.4, 0.5) is 11.4 Å². The number of amides is 2. The van der Waals surface area contributed by atoms with Crippen molar-refractivity contribution < 1.29 is 9.59 Å². The first kappa shape index (κ1) is 21.8. The Bertz CT molecular complexity index is 1160. The monoisotopic (exact) mass is 430 g/mol. The average molecular weight is 431 g/mol. The number of hydrogen-bond acceptors (Lipinski definition) is 3. The minimum absolute atomic E-state index is 0.0187. The van der Waals surface area contributed by atoms with Crippen molar-refractivity contribution in [3.8, 4) is 5.69 Å². The molecule has 6 nitrogen and oxygen atoms in total. The SMILES string of the molecule is Cc1ccc(-n2nc(C)c(NC(=O)[C@@H]3CC(=O)N(c4cccc(C(C)C)c4)C3)c2C)cc1. The molecule has 2 heterocycles. The van der Waals surface area contributed by atoms with E-state index in [1.54, 1.807) is 4.90 Å². The molecule has 1 aliphatic heterocycles. The normalized spacial score (nSPS) is 16.1. The third kappa shape index (κ3) is 4.17. The highest BCUT2D eigenvalue weighted by atomic mass is 16.2. The van der Waals surface area contributed by atoms with Gasteiger partial charge in [0, 0.05) is 18.7 Å². The van der Waals surface area contributed by atoms with Gasteiger partial charge < -0.3 is 10.2 Å². The maximum absolute atomic E-state index is 13.1. The van der Waals surface area contributed by atoms with Crippen LogP contribution in [0.2, 0.25) is 0 Å². The number of nitrogens with zero attached hydrogens (tertiary/aromatic N) is 3. The van der Waals surface area contributed by atoms with Crippen molar-refractivity contribution in [1.29, 1.82) is 0 Å². The highest BCUT2D eigenvalue weighted by Gasteiger charge is 2.35. The molecule has 1 fully saturated rings. The maximum Gasteiger partial charge on any atom is 0.229 e. The first-order chi connectivity index (χ1) is 15.2. The van der Waals surface area contributed by atoms with Crippen LogP contribution >= 0.6 is 0 Å². The number of carbonyl (C=O) groups is 2. The van der Waals surface area contributed by atoms with Crippen molar-refractivity contribution >= 4 is 23.2 Å². The van der Waals surface area contributed by atoms with Gasteiger partial charge >= 0.3 is 0 Å². The quantitative estimate of drug-likeness (QED) is 0.625. The first-order valence-electron chi connectivity index (χ1n) is 11.1. The molecular formula is C26H30N4O2. The molecule has 1 atom stereocenters. The van der Waals surface area contributed by atoms with Crippen molar-refractivity contribution in [2.75, 3.05) is 16.8 Å². The summed E-state index contributed by atoms with van der Waals surface area (Å²) in [6.45, 7) is 10.5. The standard InChI is InChI=1S/C26H30N4O2/c1-16(2)20-7-6-8-23(13-20)29-15-21(14-24(29)31)26(32)27-25-18(4)28-30(19(25)5)22-11-9-17(3)10-12-22/h6-13,16,21H,14-15H2,1-5H3,(H,27,32)/t21-/m1/s1. The van der Waals surface area contributed by atoms with Gasteiger partial charge in [0.25, 0.3) is 0 Å². The number of aromatic nitrogens is 2. The van der Waals surface area contributed by atoms with Gasteiger partial charge in [0.15, 0.2) is 0 Å². The number of rotatable bonds is 5. The van der Waals surface area contributed by atoms with Crippen LogP contribution < -0.4 is 10.2 Å². The van der Waals surface area contributed by atoms with Gasteiger partial charge in [0.05, 0.1) is 28.7 Å². The van der Waals surface area contributed by atoms with Crippen molar-refractivity contribution in [2.24, 2.45) is 5.92 Å². The van der Waals surface area contributed by atoms with E-state index in [1.807, 2.05) is 67.9 Å². The molecule has 1 N–H and O–H groups in total. The van der Waals surface area contributed by atoms with Gasteiger partial charge in [-0.1, -0.05) is 43.7 Å². The Morgan fingerprint density at radius 2 is 1.78 bits per heavy atom. The molecule has 1 saturated heterocycles. The maximum atomic E-state index is 13.1. The Labute approximate surface area is 189 Å². The molecule has 3 aromatic rings. The first-order valence-corrected chi connectivity index (χ1v) is 11.1. The summed E-state index contributed by atoms with van der Waals surface area (Å²) in [6.07, 6.45) is 0.210. The number of anilines is 2. The minimum atomic E-state index is -0.397. The van der Waals surface area contributed by atoms with Crippen LogP contribution in [0.15, 0.2) is 48.5 Å². The van der Waals surface area contributed by atoms with E-state index >= 15 is 0 Å². The second-order valence-electron chi connectivity index (χ2n) is 8.94. The Balaban J connectivity index is 1.51. The van der Waals surface area contributed by atoms with Gasteiger partial charge in [-0.3, -0.25) is 9.59 Å². The van der Waals surface area contributed by atoms with Crippen LogP contribution in [-0.2, 0) is 9.59 Å². The van der Waals surface area contributed by atoms with Gasteiger partial charge in [0.1, 0.15) is 0 Å². The fourth-order valence-electron chi connectivity index (χ4n) is 4.17. The summed E-state index contributed by atoms with van der Waals surface area (Å²) in [7, 11) is 0. The number of carbonyl (C=O) groups excluding carboxylic acids is 2. The van der Waals surface area contributed by atoms with Crippen LogP contribution in [0.5, 0.6) is 0 Å². The summed E-state index contributed by atoms with van der Waals surface area (Å²) in [5, 5.41) is 7.66. The van der Waals surface area contributed by atoms with Gasteiger partial charge in [-0.15, -0.1) is 0 Å². The molecule has 4 rings (SSSR count). The lowest BCUT2D eigenvalue weighted by Crippen LogP contribution is -2.28. The zero-order valence-corrected chi connectivity index (χ0v) is 19.3. The van der Waals surface area contributed by atoms with E-state index in [-0.39, 0.29) is 18.2 Å². The van der Waals surface area contributed by atoms with E-state index in [0.717, 1.165) is 22.8 Å². The Kier molecular flexibility index (Phi) is 5.87. The zero-order chi connectivity index (χ0) is 23.0. The molecule has 32 heavy (non-hydrogen) atoms. The Morgan fingerprint density at radius 1 is 1.06 bits per heavy atom. The molecule has 0 aliphatic carbocycles. The second-order valence-corrected chi connectivity index (χ2v) is 8.94. The predicted molar refractivity (Wildman–Crippen MR) is 127 cm³/mol. The van der Waals surface area contributed by atoms with Crippen molar-refractivity contribution in [3.63, 3.8) is 0 Å². The molecule has 1 aromatic heterocycles. The summed E-state index contributed by atoms with van der Waals surface area (Å²) in [4.78, 5) is 27.5. The third-order valence-electron chi connectivity index (χ3n) is 6.16. The average Bonchev–Trinajstić information content (AvgIpc) is 3.29. The van der Waals surface area contributed by atoms with E-state index in [4.69, 9.17) is 0 Å². The Morgan fingerprint density at radius 3 is 2.47 bits per heavy atom. The molecule has 0 unspecified atom stereocenters. The summed E-state index contributed by atoms with van der Waals surface area (Å²) < 4.78 is 1.84. The van der Waals surface area contributed by atoms with Crippen LogP contribution in [0.3, 0.4) is 0 Å². The fraction of sp³-hybridized carbons (Fsp3) is 0.346. The second kappa shape index (κ2) is 8.61. The number of nitrogens with one attached hydrogen (secondary N) is 1. The lowest BCUT2D eigenvalue weighted by Gasteiger charge is -2.18. The van der Waals surface area contributed by atoms with E-state index in [2.05, 4.69) is 30.3 Å². The fourth-order valence-corrected chi connectivity index (χ4v) is 4.17. The largest absolute Gasteiger partial charge is 0.323 e. The van der Waals surface area contributed by atoms with Gasteiger partial charge in [-0.05, 0) is 56.5 Å². The summed E-state index contributed by atoms with van der Waals surface area (Å²) >= 11 is 0. The van der Waals surface area contributed by atoms with E-state index < -0.39 is 5.92 Å². The molecule has 0 spiro atoms. The van der Waals surface area contributed by atoms with Crippen molar-refractivity contribution in [1.82, 2.24) is 9.78 Å². The van der Waals surface area contributed by atoms with Gasteiger partial charge in [-0.2, -0.15) is 5.10 Å². The highest BCUT2D eigenvalue weighted by Crippen LogP contribution is 2.30. The highest BCUT2D eigenvalue weighted by molar-refractivity contribution is 6.03. The van der Waals surface area contributed by atoms with E-state index in [9.17, 15) is 9.59 Å². The van der Waals surface area contributed by atoms with Gasteiger partial charge in [-0.25, -0.2) is 4.68 Å². The predicted octanol–water partition coefficient (Wildman–Crippen LogP) is 4.91. The lowest BCUT2D eigenvalue weighted by atomic mass is 10.0. The molecular weight excluding hydrogens is 400 g/mol. The van der Waals surface area contributed by atoms with Gasteiger partial charge in [0.2, 0.25) is 11.8 Å². The molecule has 0 saturated carbocycles. The number of benzene rings is 2. The Hall–Kier alpha value is -3.41.